The van der Waals surface area contributed by atoms with E-state index in [0.717, 1.165) is 44.2 Å². The van der Waals surface area contributed by atoms with Crippen molar-refractivity contribution in [2.45, 2.75) is 26.5 Å². The average Bonchev–Trinajstić information content (AvgIpc) is 3.00. The van der Waals surface area contributed by atoms with E-state index in [0.29, 0.717) is 5.92 Å². The molecule has 24 heavy (non-hydrogen) atoms. The van der Waals surface area contributed by atoms with E-state index in [1.807, 2.05) is 30.2 Å². The van der Waals surface area contributed by atoms with Gasteiger partial charge in [0.2, 0.25) is 0 Å². The molecule has 1 aliphatic heterocycles. The highest BCUT2D eigenvalue weighted by Gasteiger charge is 2.23. The Balaban J connectivity index is 1.60. The van der Waals surface area contributed by atoms with E-state index in [1.165, 1.54) is 5.56 Å². The molecule has 0 saturated carbocycles. The number of benzene rings is 1. The molecule has 3 rings (SSSR count). The van der Waals surface area contributed by atoms with E-state index in [9.17, 15) is 0 Å². The predicted molar refractivity (Wildman–Crippen MR) is 94.0 cm³/mol. The van der Waals surface area contributed by atoms with Gasteiger partial charge in [-0.05, 0) is 23.6 Å². The fourth-order valence-corrected chi connectivity index (χ4v) is 2.91. The molecule has 5 heteroatoms. The van der Waals surface area contributed by atoms with Gasteiger partial charge in [-0.2, -0.15) is 5.10 Å². The Hall–Kier alpha value is -1.85. The molecule has 0 amide bonds. The van der Waals surface area contributed by atoms with Crippen LogP contribution in [0.5, 0.6) is 5.75 Å². The Morgan fingerprint density at radius 1 is 1.38 bits per heavy atom. The maximum atomic E-state index is 5.91. The molecule has 1 aliphatic rings. The standard InChI is InChI=1S/C19H27N3O2/c1-15(2)14-24-18-6-4-5-16(9-18)11-22-7-8-23-19(13-22)17-10-20-21(3)12-17/h4-6,9-10,12,15,19H,7-8,11,13-14H2,1-3H3/t19-/m0/s1. The number of ether oxygens (including phenoxy) is 2. The summed E-state index contributed by atoms with van der Waals surface area (Å²) in [5.74, 6) is 1.49. The van der Waals surface area contributed by atoms with Crippen molar-refractivity contribution in [3.8, 4) is 5.75 Å². The molecule has 0 N–H and O–H groups in total. The Kier molecular flexibility index (Phi) is 5.53. The highest BCUT2D eigenvalue weighted by Crippen LogP contribution is 2.23. The topological polar surface area (TPSA) is 39.5 Å². The van der Waals surface area contributed by atoms with Crippen LogP contribution in [0, 0.1) is 5.92 Å². The zero-order chi connectivity index (χ0) is 16.9. The molecule has 0 radical (unpaired) electrons. The van der Waals surface area contributed by atoms with Gasteiger partial charge in [0.1, 0.15) is 5.75 Å². The number of hydrogen-bond acceptors (Lipinski definition) is 4. The van der Waals surface area contributed by atoms with Crippen LogP contribution in [0.4, 0.5) is 0 Å². The van der Waals surface area contributed by atoms with Gasteiger partial charge in [0.15, 0.2) is 0 Å². The van der Waals surface area contributed by atoms with Gasteiger partial charge in [-0.1, -0.05) is 26.0 Å². The van der Waals surface area contributed by atoms with Crippen molar-refractivity contribution < 1.29 is 9.47 Å². The molecule has 1 saturated heterocycles. The van der Waals surface area contributed by atoms with Crippen molar-refractivity contribution in [1.29, 1.82) is 0 Å². The molecule has 2 heterocycles. The third-order valence-corrected chi connectivity index (χ3v) is 4.14. The van der Waals surface area contributed by atoms with Gasteiger partial charge in [-0.3, -0.25) is 9.58 Å². The molecule has 0 aliphatic carbocycles. The Morgan fingerprint density at radius 3 is 3.00 bits per heavy atom. The van der Waals surface area contributed by atoms with Gasteiger partial charge in [0.25, 0.3) is 0 Å². The van der Waals surface area contributed by atoms with E-state index >= 15 is 0 Å². The van der Waals surface area contributed by atoms with Crippen LogP contribution in [0.25, 0.3) is 0 Å². The smallest absolute Gasteiger partial charge is 0.119 e. The first-order valence-corrected chi connectivity index (χ1v) is 8.64. The number of morpholine rings is 1. The highest BCUT2D eigenvalue weighted by atomic mass is 16.5. The summed E-state index contributed by atoms with van der Waals surface area (Å²) in [5.41, 5.74) is 2.43. The number of hydrogen-bond donors (Lipinski definition) is 0. The number of rotatable bonds is 6. The lowest BCUT2D eigenvalue weighted by atomic mass is 10.1. The normalized spacial score (nSPS) is 18.9. The molecule has 5 nitrogen and oxygen atoms in total. The van der Waals surface area contributed by atoms with Crippen molar-refractivity contribution >= 4 is 0 Å². The lowest BCUT2D eigenvalue weighted by molar-refractivity contribution is -0.0329. The minimum Gasteiger partial charge on any atom is -0.493 e. The third kappa shape index (κ3) is 4.58. The lowest BCUT2D eigenvalue weighted by Crippen LogP contribution is -2.37. The Morgan fingerprint density at radius 2 is 2.25 bits per heavy atom. The molecule has 0 unspecified atom stereocenters. The van der Waals surface area contributed by atoms with Crippen LogP contribution in [0.15, 0.2) is 36.7 Å². The number of nitrogens with zero attached hydrogens (tertiary/aromatic N) is 3. The fraction of sp³-hybridized carbons (Fsp3) is 0.526. The van der Waals surface area contributed by atoms with Crippen LogP contribution in [-0.4, -0.2) is 41.0 Å². The lowest BCUT2D eigenvalue weighted by Gasteiger charge is -2.32. The second-order valence-corrected chi connectivity index (χ2v) is 6.89. The quantitative estimate of drug-likeness (QED) is 0.817. The third-order valence-electron chi connectivity index (χ3n) is 4.14. The molecular weight excluding hydrogens is 302 g/mol. The maximum absolute atomic E-state index is 5.91. The van der Waals surface area contributed by atoms with Crippen LogP contribution < -0.4 is 4.74 Å². The Bertz CT molecular complexity index is 654. The molecule has 1 aromatic carbocycles. The fourth-order valence-electron chi connectivity index (χ4n) is 2.91. The summed E-state index contributed by atoms with van der Waals surface area (Å²) >= 11 is 0. The first-order chi connectivity index (χ1) is 11.6. The van der Waals surface area contributed by atoms with Crippen LogP contribution in [0.2, 0.25) is 0 Å². The second-order valence-electron chi connectivity index (χ2n) is 6.89. The monoisotopic (exact) mass is 329 g/mol. The summed E-state index contributed by atoms with van der Waals surface area (Å²) < 4.78 is 13.6. The summed E-state index contributed by atoms with van der Waals surface area (Å²) in [7, 11) is 1.94. The van der Waals surface area contributed by atoms with Crippen LogP contribution in [0.3, 0.4) is 0 Å². The molecular formula is C19H27N3O2. The van der Waals surface area contributed by atoms with Gasteiger partial charge in [0, 0.05) is 38.4 Å². The van der Waals surface area contributed by atoms with Gasteiger partial charge in [-0.25, -0.2) is 0 Å². The zero-order valence-corrected chi connectivity index (χ0v) is 14.8. The second kappa shape index (κ2) is 7.81. The van der Waals surface area contributed by atoms with Crippen molar-refractivity contribution in [1.82, 2.24) is 14.7 Å². The molecule has 1 fully saturated rings. The van der Waals surface area contributed by atoms with E-state index < -0.39 is 0 Å². The summed E-state index contributed by atoms with van der Waals surface area (Å²) in [6.45, 7) is 8.59. The summed E-state index contributed by atoms with van der Waals surface area (Å²) in [5, 5.41) is 4.25. The average molecular weight is 329 g/mol. The van der Waals surface area contributed by atoms with E-state index in [-0.39, 0.29) is 6.10 Å². The molecule has 0 bridgehead atoms. The van der Waals surface area contributed by atoms with Gasteiger partial charge >= 0.3 is 0 Å². The SMILES string of the molecule is CC(C)COc1cccc(CN2CCO[C@H](c3cnn(C)c3)C2)c1. The minimum atomic E-state index is 0.104. The van der Waals surface area contributed by atoms with E-state index in [1.54, 1.807) is 0 Å². The number of aromatic nitrogens is 2. The van der Waals surface area contributed by atoms with Crippen LogP contribution in [0.1, 0.15) is 31.1 Å². The summed E-state index contributed by atoms with van der Waals surface area (Å²) in [6.07, 6.45) is 4.04. The van der Waals surface area contributed by atoms with Crippen LogP contribution >= 0.6 is 0 Å². The van der Waals surface area contributed by atoms with E-state index in [4.69, 9.17) is 9.47 Å². The summed E-state index contributed by atoms with van der Waals surface area (Å²) in [6, 6.07) is 8.42. The zero-order valence-electron chi connectivity index (χ0n) is 14.8. The van der Waals surface area contributed by atoms with Crippen molar-refractivity contribution in [3.63, 3.8) is 0 Å². The molecule has 130 valence electrons. The molecule has 0 spiro atoms. The number of aryl methyl sites for hydroxylation is 1. The molecule has 1 aromatic heterocycles. The van der Waals surface area contributed by atoms with E-state index in [2.05, 4.69) is 42.0 Å². The summed E-state index contributed by atoms with van der Waals surface area (Å²) in [4.78, 5) is 2.43. The van der Waals surface area contributed by atoms with Crippen molar-refractivity contribution in [2.75, 3.05) is 26.3 Å². The predicted octanol–water partition coefficient (Wildman–Crippen LogP) is 3.03. The highest BCUT2D eigenvalue weighted by molar-refractivity contribution is 5.28. The first kappa shape index (κ1) is 17.0. The van der Waals surface area contributed by atoms with Crippen LogP contribution in [-0.2, 0) is 18.3 Å². The Labute approximate surface area is 144 Å². The minimum absolute atomic E-state index is 0.104. The van der Waals surface area contributed by atoms with Gasteiger partial charge in [0.05, 0.1) is 25.5 Å². The van der Waals surface area contributed by atoms with Crippen molar-refractivity contribution in [2.24, 2.45) is 13.0 Å². The van der Waals surface area contributed by atoms with Gasteiger partial charge in [-0.15, -0.1) is 0 Å². The largest absolute Gasteiger partial charge is 0.493 e. The molecule has 2 aromatic rings. The van der Waals surface area contributed by atoms with Crippen molar-refractivity contribution in [3.05, 3.63) is 47.8 Å². The maximum Gasteiger partial charge on any atom is 0.119 e. The molecule has 1 atom stereocenters. The van der Waals surface area contributed by atoms with Gasteiger partial charge < -0.3 is 9.47 Å². The first-order valence-electron chi connectivity index (χ1n) is 8.64.